The van der Waals surface area contributed by atoms with Crippen molar-refractivity contribution < 1.29 is 8.42 Å². The molecule has 3 rings (SSSR count). The van der Waals surface area contributed by atoms with E-state index < -0.39 is 10.0 Å². The molecule has 0 unspecified atom stereocenters. The van der Waals surface area contributed by atoms with Crippen molar-refractivity contribution in [2.24, 2.45) is 0 Å². The zero-order chi connectivity index (χ0) is 16.3. The van der Waals surface area contributed by atoms with Crippen LogP contribution in [0.3, 0.4) is 0 Å². The molecule has 5 nitrogen and oxygen atoms in total. The third-order valence-electron chi connectivity index (χ3n) is 3.42. The van der Waals surface area contributed by atoms with Crippen LogP contribution in [0, 0.1) is 0 Å². The molecule has 0 radical (unpaired) electrons. The van der Waals surface area contributed by atoms with Crippen molar-refractivity contribution in [3.63, 3.8) is 0 Å². The lowest BCUT2D eigenvalue weighted by Gasteiger charge is -2.09. The molecule has 0 spiro atoms. The minimum atomic E-state index is -3.58. The Labute approximate surface area is 139 Å². The van der Waals surface area contributed by atoms with Gasteiger partial charge in [-0.25, -0.2) is 8.42 Å². The molecule has 0 bridgehead atoms. The third kappa shape index (κ3) is 3.57. The van der Waals surface area contributed by atoms with Crippen LogP contribution < -0.4 is 4.72 Å². The molecule has 3 aromatic rings. The lowest BCUT2D eigenvalue weighted by molar-refractivity contribution is 0.601. The molecule has 118 valence electrons. The van der Waals surface area contributed by atoms with Crippen LogP contribution in [-0.4, -0.2) is 18.0 Å². The Kier molecular flexibility index (Phi) is 4.40. The zero-order valence-electron chi connectivity index (χ0n) is 12.4. The SMILES string of the molecule is CCc1ccc(S(=O)(=O)Nc2ccc(-c3cnns3)cc2)cc1. The summed E-state index contributed by atoms with van der Waals surface area (Å²) in [4.78, 5) is 1.19. The molecule has 1 aromatic heterocycles. The summed E-state index contributed by atoms with van der Waals surface area (Å²) in [6.07, 6.45) is 2.56. The van der Waals surface area contributed by atoms with Gasteiger partial charge in [-0.15, -0.1) is 5.10 Å². The number of nitrogens with zero attached hydrogens (tertiary/aromatic N) is 2. The van der Waals surface area contributed by atoms with E-state index in [0.717, 1.165) is 22.4 Å². The van der Waals surface area contributed by atoms with Crippen LogP contribution in [0.2, 0.25) is 0 Å². The highest BCUT2D eigenvalue weighted by atomic mass is 32.2. The van der Waals surface area contributed by atoms with Crippen LogP contribution in [0.4, 0.5) is 5.69 Å². The van der Waals surface area contributed by atoms with E-state index in [-0.39, 0.29) is 4.90 Å². The second-order valence-corrected chi connectivity index (χ2v) is 7.43. The van der Waals surface area contributed by atoms with Gasteiger partial charge in [-0.05, 0) is 53.3 Å². The number of rotatable bonds is 5. The smallest absolute Gasteiger partial charge is 0.261 e. The normalized spacial score (nSPS) is 11.3. The Hall–Kier alpha value is -2.25. The average molecular weight is 345 g/mol. The predicted molar refractivity (Wildman–Crippen MR) is 92.0 cm³/mol. The molecule has 0 amide bonds. The summed E-state index contributed by atoms with van der Waals surface area (Å²) in [6.45, 7) is 2.03. The van der Waals surface area contributed by atoms with E-state index in [2.05, 4.69) is 14.3 Å². The van der Waals surface area contributed by atoms with Crippen LogP contribution >= 0.6 is 11.5 Å². The van der Waals surface area contributed by atoms with Gasteiger partial charge in [-0.2, -0.15) is 0 Å². The Bertz CT molecular complexity index is 872. The van der Waals surface area contributed by atoms with Crippen molar-refractivity contribution in [2.45, 2.75) is 18.2 Å². The highest BCUT2D eigenvalue weighted by molar-refractivity contribution is 7.92. The summed E-state index contributed by atoms with van der Waals surface area (Å²) >= 11 is 1.30. The summed E-state index contributed by atoms with van der Waals surface area (Å²) in [5.41, 5.74) is 2.58. The molecule has 0 saturated carbocycles. The molecule has 7 heteroatoms. The molecule has 0 aliphatic carbocycles. The highest BCUT2D eigenvalue weighted by Crippen LogP contribution is 2.24. The minimum Gasteiger partial charge on any atom is -0.280 e. The molecule has 0 aliphatic rings. The van der Waals surface area contributed by atoms with Crippen molar-refractivity contribution in [1.29, 1.82) is 0 Å². The highest BCUT2D eigenvalue weighted by Gasteiger charge is 2.14. The van der Waals surface area contributed by atoms with Gasteiger partial charge in [0.15, 0.2) is 0 Å². The molecule has 1 heterocycles. The number of hydrogen-bond donors (Lipinski definition) is 1. The average Bonchev–Trinajstić information content (AvgIpc) is 3.10. The Morgan fingerprint density at radius 2 is 1.74 bits per heavy atom. The lowest BCUT2D eigenvalue weighted by Crippen LogP contribution is -2.12. The number of sulfonamides is 1. The molecule has 0 atom stereocenters. The molecule has 0 saturated heterocycles. The first-order valence-electron chi connectivity index (χ1n) is 7.08. The summed E-state index contributed by atoms with van der Waals surface area (Å²) in [5, 5.41) is 3.79. The summed E-state index contributed by atoms with van der Waals surface area (Å²) in [6, 6.07) is 14.0. The standard InChI is InChI=1S/C16H15N3O2S2/c1-2-12-3-9-15(10-4-12)23(20,21)18-14-7-5-13(6-8-14)16-11-17-19-22-16/h3-11,18H,2H2,1H3. The quantitative estimate of drug-likeness (QED) is 0.767. The number of aromatic nitrogens is 2. The number of nitrogens with one attached hydrogen (secondary N) is 1. The van der Waals surface area contributed by atoms with Crippen molar-refractivity contribution >= 4 is 27.2 Å². The van der Waals surface area contributed by atoms with E-state index in [0.29, 0.717) is 5.69 Å². The fourth-order valence-corrected chi connectivity index (χ4v) is 3.69. The van der Waals surface area contributed by atoms with Gasteiger partial charge >= 0.3 is 0 Å². The van der Waals surface area contributed by atoms with Crippen molar-refractivity contribution in [3.8, 4) is 10.4 Å². The van der Waals surface area contributed by atoms with Crippen LogP contribution in [0.5, 0.6) is 0 Å². The molecule has 0 aliphatic heterocycles. The first kappa shape index (κ1) is 15.6. The molecular formula is C16H15N3O2S2. The van der Waals surface area contributed by atoms with Gasteiger partial charge in [-0.1, -0.05) is 35.7 Å². The lowest BCUT2D eigenvalue weighted by atomic mass is 10.2. The zero-order valence-corrected chi connectivity index (χ0v) is 14.1. The number of anilines is 1. The maximum Gasteiger partial charge on any atom is 0.261 e. The molecule has 2 aromatic carbocycles. The van der Waals surface area contributed by atoms with Gasteiger partial charge in [0.1, 0.15) is 0 Å². The number of aryl methyl sites for hydroxylation is 1. The van der Waals surface area contributed by atoms with Crippen molar-refractivity contribution in [1.82, 2.24) is 9.59 Å². The molecule has 23 heavy (non-hydrogen) atoms. The Balaban J connectivity index is 1.79. The van der Waals surface area contributed by atoms with E-state index in [4.69, 9.17) is 0 Å². The summed E-state index contributed by atoms with van der Waals surface area (Å²) in [5.74, 6) is 0. The maximum atomic E-state index is 12.4. The number of benzene rings is 2. The minimum absolute atomic E-state index is 0.255. The van der Waals surface area contributed by atoms with Gasteiger partial charge in [0.05, 0.1) is 16.0 Å². The van der Waals surface area contributed by atoms with E-state index in [1.165, 1.54) is 11.5 Å². The van der Waals surface area contributed by atoms with Gasteiger partial charge in [0.2, 0.25) is 0 Å². The van der Waals surface area contributed by atoms with Crippen LogP contribution in [0.15, 0.2) is 59.6 Å². The summed E-state index contributed by atoms with van der Waals surface area (Å²) < 4.78 is 31.2. The second-order valence-electron chi connectivity index (χ2n) is 4.96. The van der Waals surface area contributed by atoms with Crippen molar-refractivity contribution in [3.05, 3.63) is 60.3 Å². The van der Waals surface area contributed by atoms with Gasteiger partial charge in [0.25, 0.3) is 10.0 Å². The van der Waals surface area contributed by atoms with Gasteiger partial charge < -0.3 is 0 Å². The van der Waals surface area contributed by atoms with Crippen LogP contribution in [0.25, 0.3) is 10.4 Å². The summed E-state index contributed by atoms with van der Waals surface area (Å²) in [7, 11) is -3.58. The van der Waals surface area contributed by atoms with Crippen molar-refractivity contribution in [2.75, 3.05) is 4.72 Å². The molecule has 1 N–H and O–H groups in total. The monoisotopic (exact) mass is 345 g/mol. The predicted octanol–water partition coefficient (Wildman–Crippen LogP) is 3.57. The van der Waals surface area contributed by atoms with Crippen LogP contribution in [-0.2, 0) is 16.4 Å². The van der Waals surface area contributed by atoms with E-state index in [1.807, 2.05) is 31.2 Å². The largest absolute Gasteiger partial charge is 0.280 e. The van der Waals surface area contributed by atoms with Gasteiger partial charge in [0, 0.05) is 5.69 Å². The molecular weight excluding hydrogens is 330 g/mol. The first-order valence-corrected chi connectivity index (χ1v) is 9.34. The fourth-order valence-electron chi connectivity index (χ4n) is 2.12. The fraction of sp³-hybridized carbons (Fsp3) is 0.125. The molecule has 0 fully saturated rings. The maximum absolute atomic E-state index is 12.4. The van der Waals surface area contributed by atoms with E-state index in [9.17, 15) is 8.42 Å². The first-order chi connectivity index (χ1) is 11.1. The third-order valence-corrected chi connectivity index (χ3v) is 5.54. The Morgan fingerprint density at radius 1 is 1.04 bits per heavy atom. The second kappa shape index (κ2) is 6.47. The Morgan fingerprint density at radius 3 is 2.30 bits per heavy atom. The van der Waals surface area contributed by atoms with Gasteiger partial charge in [-0.3, -0.25) is 4.72 Å². The topological polar surface area (TPSA) is 72.0 Å². The van der Waals surface area contributed by atoms with Crippen LogP contribution in [0.1, 0.15) is 12.5 Å². The van der Waals surface area contributed by atoms with E-state index >= 15 is 0 Å². The van der Waals surface area contributed by atoms with E-state index in [1.54, 1.807) is 30.5 Å². The number of hydrogen-bond acceptors (Lipinski definition) is 5.